The lowest BCUT2D eigenvalue weighted by Gasteiger charge is -2.34. The van der Waals surface area contributed by atoms with Gasteiger partial charge in [0.25, 0.3) is 17.7 Å². The van der Waals surface area contributed by atoms with Crippen molar-refractivity contribution in [1.82, 2.24) is 15.5 Å². The Morgan fingerprint density at radius 1 is 1.12 bits per heavy atom. The van der Waals surface area contributed by atoms with Gasteiger partial charge in [0.1, 0.15) is 6.04 Å². The normalized spacial score (nSPS) is 22.7. The molecule has 10 heteroatoms. The van der Waals surface area contributed by atoms with E-state index in [0.29, 0.717) is 17.6 Å². The monoisotopic (exact) mass is 489 g/mol. The van der Waals surface area contributed by atoms with Gasteiger partial charge in [-0.15, -0.1) is 0 Å². The lowest BCUT2D eigenvalue weighted by Crippen LogP contribution is -2.50. The molecule has 1 aliphatic heterocycles. The lowest BCUT2D eigenvalue weighted by molar-refractivity contribution is -0.152. The fourth-order valence-electron chi connectivity index (χ4n) is 4.46. The van der Waals surface area contributed by atoms with E-state index in [2.05, 4.69) is 24.5 Å². The first-order valence-corrected chi connectivity index (χ1v) is 12.9. The summed E-state index contributed by atoms with van der Waals surface area (Å²) in [6.07, 6.45) is 4.99. The Morgan fingerprint density at radius 2 is 1.76 bits per heavy atom. The number of fused-ring (bicyclic) bond motifs is 1. The van der Waals surface area contributed by atoms with Crippen LogP contribution in [0.25, 0.3) is 0 Å². The number of benzene rings is 1. The number of rotatable bonds is 8. The molecule has 1 aliphatic carbocycles. The zero-order valence-corrected chi connectivity index (χ0v) is 20.5. The molecule has 1 saturated carbocycles. The van der Waals surface area contributed by atoms with Gasteiger partial charge in [-0.3, -0.25) is 24.6 Å². The fourth-order valence-corrected chi connectivity index (χ4v) is 4.92. The SMILES string of the molecule is CSCC[C@H](C(=O)OCC(=O)NC(=O)N[C@@H]1CCC[C@@H](C)[C@H]1C)N1C(=O)c2ccccc2C1=O. The summed E-state index contributed by atoms with van der Waals surface area (Å²) < 4.78 is 5.11. The summed E-state index contributed by atoms with van der Waals surface area (Å²) in [5, 5.41) is 5.01. The molecule has 0 radical (unpaired) electrons. The van der Waals surface area contributed by atoms with Gasteiger partial charge in [0.05, 0.1) is 11.1 Å². The minimum absolute atomic E-state index is 0.0242. The second-order valence-electron chi connectivity index (χ2n) is 8.83. The molecular weight excluding hydrogens is 458 g/mol. The number of carbonyl (C=O) groups excluding carboxylic acids is 5. The molecule has 2 N–H and O–H groups in total. The maximum atomic E-state index is 12.8. The van der Waals surface area contributed by atoms with Gasteiger partial charge in [-0.25, -0.2) is 9.59 Å². The van der Waals surface area contributed by atoms with E-state index in [4.69, 9.17) is 4.74 Å². The summed E-state index contributed by atoms with van der Waals surface area (Å²) in [4.78, 5) is 63.7. The summed E-state index contributed by atoms with van der Waals surface area (Å²) in [6.45, 7) is 3.52. The van der Waals surface area contributed by atoms with E-state index in [9.17, 15) is 24.0 Å². The van der Waals surface area contributed by atoms with Crippen LogP contribution >= 0.6 is 11.8 Å². The number of urea groups is 1. The smallest absolute Gasteiger partial charge is 0.329 e. The van der Waals surface area contributed by atoms with Gasteiger partial charge in [0.15, 0.2) is 6.61 Å². The third kappa shape index (κ3) is 5.78. The third-order valence-electron chi connectivity index (χ3n) is 6.63. The zero-order valence-electron chi connectivity index (χ0n) is 19.7. The van der Waals surface area contributed by atoms with Gasteiger partial charge in [-0.05, 0) is 48.8 Å². The molecule has 5 amide bonds. The standard InChI is InChI=1S/C24H31N3O6S/c1-14-7-6-10-18(15(14)2)25-24(32)26-20(28)13-33-23(31)19(11-12-34-3)27-21(29)16-8-4-5-9-17(16)22(27)30/h4-5,8-9,14-15,18-19H,6-7,10-13H2,1-3H3,(H2,25,26,28,32)/t14-,15-,18-,19-/m1/s1. The van der Waals surface area contributed by atoms with Gasteiger partial charge in [-0.2, -0.15) is 11.8 Å². The number of ether oxygens (including phenoxy) is 1. The Bertz CT molecular complexity index is 933. The van der Waals surface area contributed by atoms with Crippen LogP contribution in [-0.4, -0.2) is 65.3 Å². The van der Waals surface area contributed by atoms with Gasteiger partial charge in [-0.1, -0.05) is 38.8 Å². The summed E-state index contributed by atoms with van der Waals surface area (Å²) in [5.74, 6) is -1.51. The van der Waals surface area contributed by atoms with Crippen molar-refractivity contribution >= 4 is 41.5 Å². The molecule has 1 aromatic rings. The molecule has 0 saturated heterocycles. The minimum Gasteiger partial charge on any atom is -0.454 e. The van der Waals surface area contributed by atoms with Crippen molar-refractivity contribution < 1.29 is 28.7 Å². The molecule has 34 heavy (non-hydrogen) atoms. The van der Waals surface area contributed by atoms with E-state index in [-0.39, 0.29) is 23.6 Å². The lowest BCUT2D eigenvalue weighted by atomic mass is 9.78. The molecule has 3 rings (SSSR count). The van der Waals surface area contributed by atoms with E-state index >= 15 is 0 Å². The van der Waals surface area contributed by atoms with E-state index in [1.807, 2.05) is 6.26 Å². The van der Waals surface area contributed by atoms with Crippen LogP contribution in [0.2, 0.25) is 0 Å². The zero-order chi connectivity index (χ0) is 24.8. The topological polar surface area (TPSA) is 122 Å². The molecular formula is C24H31N3O6S. The number of esters is 1. The van der Waals surface area contributed by atoms with Crippen LogP contribution in [0.1, 0.15) is 60.2 Å². The number of nitrogens with zero attached hydrogens (tertiary/aromatic N) is 1. The van der Waals surface area contributed by atoms with Crippen molar-refractivity contribution in [3.05, 3.63) is 35.4 Å². The number of hydrogen-bond donors (Lipinski definition) is 2. The maximum Gasteiger partial charge on any atom is 0.329 e. The van der Waals surface area contributed by atoms with Crippen molar-refractivity contribution in [2.24, 2.45) is 11.8 Å². The van der Waals surface area contributed by atoms with Gasteiger partial charge in [0.2, 0.25) is 0 Å². The highest BCUT2D eigenvalue weighted by Crippen LogP contribution is 2.29. The maximum absolute atomic E-state index is 12.8. The summed E-state index contributed by atoms with van der Waals surface area (Å²) in [7, 11) is 0. The van der Waals surface area contributed by atoms with Crippen LogP contribution < -0.4 is 10.6 Å². The van der Waals surface area contributed by atoms with Crippen LogP contribution in [0.4, 0.5) is 4.79 Å². The second-order valence-corrected chi connectivity index (χ2v) is 9.81. The first-order chi connectivity index (χ1) is 16.2. The number of hydrogen-bond acceptors (Lipinski definition) is 7. The molecule has 9 nitrogen and oxygen atoms in total. The summed E-state index contributed by atoms with van der Waals surface area (Å²) in [5.41, 5.74) is 0.463. The van der Waals surface area contributed by atoms with Crippen molar-refractivity contribution in [2.75, 3.05) is 18.6 Å². The van der Waals surface area contributed by atoms with E-state index in [1.54, 1.807) is 12.1 Å². The Kier molecular flexibility index (Phi) is 8.71. The van der Waals surface area contributed by atoms with Crippen molar-refractivity contribution in [2.45, 2.75) is 51.6 Å². The molecule has 0 spiro atoms. The first kappa shape index (κ1) is 25.7. The minimum atomic E-state index is -1.16. The number of amides is 5. The number of nitrogens with one attached hydrogen (secondary N) is 2. The van der Waals surface area contributed by atoms with Crippen LogP contribution in [-0.2, 0) is 14.3 Å². The summed E-state index contributed by atoms with van der Waals surface area (Å²) in [6, 6.07) is 4.54. The Morgan fingerprint density at radius 3 is 2.38 bits per heavy atom. The molecule has 0 aromatic heterocycles. The highest BCUT2D eigenvalue weighted by molar-refractivity contribution is 7.98. The average molecular weight is 490 g/mol. The predicted octanol–water partition coefficient (Wildman–Crippen LogP) is 2.60. The summed E-state index contributed by atoms with van der Waals surface area (Å²) >= 11 is 1.45. The average Bonchev–Trinajstić information content (AvgIpc) is 3.06. The van der Waals surface area contributed by atoms with E-state index < -0.39 is 42.4 Å². The predicted molar refractivity (Wildman–Crippen MR) is 127 cm³/mol. The number of thioether (sulfide) groups is 1. The van der Waals surface area contributed by atoms with Crippen LogP contribution in [0.15, 0.2) is 24.3 Å². The molecule has 2 aliphatic rings. The Balaban J connectivity index is 1.56. The number of imide groups is 2. The molecule has 0 bridgehead atoms. The van der Waals surface area contributed by atoms with Crippen molar-refractivity contribution in [1.29, 1.82) is 0 Å². The highest BCUT2D eigenvalue weighted by atomic mass is 32.2. The number of carbonyl (C=O) groups is 5. The van der Waals surface area contributed by atoms with Crippen molar-refractivity contribution in [3.63, 3.8) is 0 Å². The van der Waals surface area contributed by atoms with Crippen LogP contribution in [0.3, 0.4) is 0 Å². The van der Waals surface area contributed by atoms with Gasteiger partial charge >= 0.3 is 12.0 Å². The fraction of sp³-hybridized carbons (Fsp3) is 0.542. The Hall–Kier alpha value is -2.88. The molecule has 184 valence electrons. The molecule has 4 atom stereocenters. The molecule has 1 aromatic carbocycles. The van der Waals surface area contributed by atoms with Gasteiger partial charge < -0.3 is 10.1 Å². The largest absolute Gasteiger partial charge is 0.454 e. The van der Waals surface area contributed by atoms with Crippen molar-refractivity contribution in [3.8, 4) is 0 Å². The molecule has 1 heterocycles. The first-order valence-electron chi connectivity index (χ1n) is 11.5. The quantitative estimate of drug-likeness (QED) is 0.425. The molecule has 0 unspecified atom stereocenters. The van der Waals surface area contributed by atoms with Crippen LogP contribution in [0.5, 0.6) is 0 Å². The van der Waals surface area contributed by atoms with E-state index in [1.165, 1.54) is 23.9 Å². The van der Waals surface area contributed by atoms with Gasteiger partial charge in [0, 0.05) is 6.04 Å². The third-order valence-corrected chi connectivity index (χ3v) is 7.27. The van der Waals surface area contributed by atoms with E-state index in [0.717, 1.165) is 24.2 Å². The highest BCUT2D eigenvalue weighted by Gasteiger charge is 2.43. The Labute approximate surface area is 203 Å². The van der Waals surface area contributed by atoms with Crippen LogP contribution in [0, 0.1) is 11.8 Å². The molecule has 1 fully saturated rings. The second kappa shape index (κ2) is 11.5.